The van der Waals surface area contributed by atoms with E-state index in [4.69, 9.17) is 50.8 Å². The molecule has 0 aliphatic rings. The standard InChI is InChI=1S/C41H44Cl2N14O5S3.O3S/c1-5-55(6-2)26-10-13-28(51-53-40-46-30-12-9-24(42)19-33(30)63-40)31(22-26)44-37-48-38(50-39(49-37)57(15-17-58)16-18-59)45-32-23-27(56(7-3)8-4)11-14-29(32)52-54-41-47-36-34(64-41)20-25(43)21-35(36)65(60,61)62;1-4(2)3/h9-14,19-23,58-59H,5-8,15-18H2,1-4H3,(H,60,61,62)(H2,44,45,48,49,50);. The summed E-state index contributed by atoms with van der Waals surface area (Å²) in [7, 11) is -7.75. The van der Waals surface area contributed by atoms with E-state index in [0.29, 0.717) is 50.7 Å². The number of fused-ring (bicyclic) bond motifs is 2. The van der Waals surface area contributed by atoms with Crippen LogP contribution < -0.4 is 25.3 Å². The number of aliphatic hydroxyl groups excluding tert-OH is 2. The zero-order valence-electron chi connectivity index (χ0n) is 37.1. The van der Waals surface area contributed by atoms with Gasteiger partial charge in [0.05, 0.1) is 39.5 Å². The molecule has 0 atom stereocenters. The van der Waals surface area contributed by atoms with Crippen molar-refractivity contribution < 1.29 is 35.8 Å². The first kappa shape index (κ1) is 52.3. The van der Waals surface area contributed by atoms with E-state index < -0.39 is 25.6 Å². The molecule has 0 fully saturated rings. The van der Waals surface area contributed by atoms with Gasteiger partial charge in [0.15, 0.2) is 0 Å². The summed E-state index contributed by atoms with van der Waals surface area (Å²) in [6.45, 7) is 10.8. The molecule has 4 aromatic carbocycles. The summed E-state index contributed by atoms with van der Waals surface area (Å²) in [6, 6.07) is 19.3. The van der Waals surface area contributed by atoms with Gasteiger partial charge in [-0.15, -0.1) is 33.1 Å². The number of azo groups is 2. The van der Waals surface area contributed by atoms with Crippen LogP contribution in [0.4, 0.5) is 62.2 Å². The molecule has 3 aromatic heterocycles. The number of hydrogen-bond donors (Lipinski definition) is 5. The average molecular weight is 1060 g/mol. The third-order valence-corrected chi connectivity index (χ3v) is 13.0. The predicted molar refractivity (Wildman–Crippen MR) is 270 cm³/mol. The van der Waals surface area contributed by atoms with Crippen LogP contribution in [0.15, 0.2) is 92.1 Å². The Kier molecular flexibility index (Phi) is 18.1. The third-order valence-electron chi connectivity index (χ3n) is 9.87. The van der Waals surface area contributed by atoms with Crippen molar-refractivity contribution in [2.75, 3.05) is 77.8 Å². The summed E-state index contributed by atoms with van der Waals surface area (Å²) >= 11 is 14.8. The Morgan fingerprint density at radius 3 is 1.61 bits per heavy atom. The van der Waals surface area contributed by atoms with Crippen molar-refractivity contribution in [3.63, 3.8) is 0 Å². The van der Waals surface area contributed by atoms with Crippen molar-refractivity contribution in [3.05, 3.63) is 76.8 Å². The number of anilines is 7. The van der Waals surface area contributed by atoms with Crippen LogP contribution in [0.2, 0.25) is 10.0 Å². The number of rotatable bonds is 20. The number of nitrogens with zero attached hydrogens (tertiary/aromatic N) is 12. The lowest BCUT2D eigenvalue weighted by molar-refractivity contribution is 0.280. The van der Waals surface area contributed by atoms with Gasteiger partial charge in [0.2, 0.25) is 28.1 Å². The van der Waals surface area contributed by atoms with E-state index in [0.717, 1.165) is 52.1 Å². The summed E-state index contributed by atoms with van der Waals surface area (Å²) in [5.41, 5.74) is 4.30. The van der Waals surface area contributed by atoms with Gasteiger partial charge in [0.25, 0.3) is 10.1 Å². The van der Waals surface area contributed by atoms with Crippen LogP contribution in [0.1, 0.15) is 27.7 Å². The molecule has 7 aromatic rings. The monoisotopic (exact) mass is 1060 g/mol. The second-order valence-electron chi connectivity index (χ2n) is 14.1. The van der Waals surface area contributed by atoms with E-state index in [9.17, 15) is 23.2 Å². The van der Waals surface area contributed by atoms with Gasteiger partial charge < -0.3 is 35.5 Å². The highest BCUT2D eigenvalue weighted by molar-refractivity contribution is 7.86. The smallest absolute Gasteiger partial charge is 0.395 e. The van der Waals surface area contributed by atoms with E-state index in [1.807, 2.05) is 56.3 Å². The van der Waals surface area contributed by atoms with Gasteiger partial charge in [-0.3, -0.25) is 4.55 Å². The molecule has 0 radical (unpaired) electrons. The topological polar surface area (TPSA) is 294 Å². The minimum absolute atomic E-state index is 0.00788. The van der Waals surface area contributed by atoms with Gasteiger partial charge in [0, 0.05) is 60.7 Å². The molecular formula is C41H44Cl2N14O8S4. The SMILES string of the molecule is CCN(CC)c1ccc(N=Nc2nc3ccc(Cl)cc3s2)c(Nc2nc(Nc3cc(N(CC)CC)ccc3N=Nc3nc4c(S(=O)(=O)O)cc(Cl)cc4s3)nc(N(CCO)CCO)n2)c1.O=S(=O)=O. The maximum Gasteiger partial charge on any atom is 0.425 e. The normalized spacial score (nSPS) is 11.6. The Morgan fingerprint density at radius 2 is 1.12 bits per heavy atom. The first-order valence-corrected chi connectivity index (χ1v) is 25.7. The van der Waals surface area contributed by atoms with Crippen molar-refractivity contribution in [1.29, 1.82) is 0 Å². The lowest BCUT2D eigenvalue weighted by Gasteiger charge is -2.24. The van der Waals surface area contributed by atoms with Crippen LogP contribution in [0.25, 0.3) is 20.4 Å². The Labute approximate surface area is 415 Å². The first-order valence-electron chi connectivity index (χ1n) is 20.8. The maximum atomic E-state index is 12.1. The zero-order valence-corrected chi connectivity index (χ0v) is 41.9. The van der Waals surface area contributed by atoms with E-state index >= 15 is 0 Å². The molecule has 0 aliphatic heterocycles. The van der Waals surface area contributed by atoms with Gasteiger partial charge in [-0.2, -0.15) is 23.4 Å². The van der Waals surface area contributed by atoms with Crippen molar-refractivity contribution in [2.45, 2.75) is 32.6 Å². The third kappa shape index (κ3) is 13.8. The minimum atomic E-state index is -4.64. The highest BCUT2D eigenvalue weighted by Crippen LogP contribution is 2.39. The average Bonchev–Trinajstić information content (AvgIpc) is 3.91. The Balaban J connectivity index is 0.00000188. The maximum absolute atomic E-state index is 12.1. The second-order valence-corrected chi connectivity index (χ2v) is 18.8. The lowest BCUT2D eigenvalue weighted by atomic mass is 10.2. The zero-order chi connectivity index (χ0) is 49.8. The van der Waals surface area contributed by atoms with E-state index in [2.05, 4.69) is 64.7 Å². The number of thiazole rings is 2. The molecule has 0 saturated heterocycles. The van der Waals surface area contributed by atoms with Crippen molar-refractivity contribution >= 4 is 149 Å². The largest absolute Gasteiger partial charge is 0.425 e. The van der Waals surface area contributed by atoms with Crippen LogP contribution in [0.5, 0.6) is 0 Å². The first-order chi connectivity index (χ1) is 33.0. The number of hydrogen-bond acceptors (Lipinski definition) is 23. The minimum Gasteiger partial charge on any atom is -0.395 e. The fraction of sp³-hybridized carbons (Fsp3) is 0.293. The summed E-state index contributed by atoms with van der Waals surface area (Å²) in [5, 5.41) is 45.8. The molecule has 364 valence electrons. The number of halogens is 2. The highest BCUT2D eigenvalue weighted by Gasteiger charge is 2.21. The summed E-state index contributed by atoms with van der Waals surface area (Å²) < 4.78 is 60.7. The van der Waals surface area contributed by atoms with Crippen LogP contribution in [-0.2, 0) is 20.7 Å². The van der Waals surface area contributed by atoms with Crippen LogP contribution in [-0.4, -0.2) is 113 Å². The molecular weight excluding hydrogens is 1020 g/mol. The lowest BCUT2D eigenvalue weighted by Crippen LogP contribution is -2.31. The summed E-state index contributed by atoms with van der Waals surface area (Å²) in [5.74, 6) is 0.331. The van der Waals surface area contributed by atoms with E-state index in [1.165, 1.54) is 17.4 Å². The Morgan fingerprint density at radius 1 is 0.623 bits per heavy atom. The molecule has 0 spiro atoms. The molecule has 7 rings (SSSR count). The summed E-state index contributed by atoms with van der Waals surface area (Å²) in [4.78, 5) is 28.7. The Hall–Kier alpha value is -6.10. The van der Waals surface area contributed by atoms with Crippen LogP contribution in [0, 0.1) is 0 Å². The second kappa shape index (κ2) is 24.0. The molecule has 28 heteroatoms. The number of aliphatic hydroxyl groups is 2. The molecule has 5 N–H and O–H groups in total. The highest BCUT2D eigenvalue weighted by atomic mass is 35.5. The quantitative estimate of drug-likeness (QED) is 0.0351. The van der Waals surface area contributed by atoms with Crippen LogP contribution in [0.3, 0.4) is 0 Å². The number of aromatic nitrogens is 5. The van der Waals surface area contributed by atoms with E-state index in [-0.39, 0.29) is 59.8 Å². The van der Waals surface area contributed by atoms with Gasteiger partial charge in [-0.05, 0) is 94.4 Å². The molecule has 0 saturated carbocycles. The van der Waals surface area contributed by atoms with Crippen molar-refractivity contribution in [1.82, 2.24) is 24.9 Å². The van der Waals surface area contributed by atoms with Gasteiger partial charge in [0.1, 0.15) is 21.8 Å². The molecule has 3 heterocycles. The van der Waals surface area contributed by atoms with Crippen molar-refractivity contribution in [2.24, 2.45) is 20.5 Å². The van der Waals surface area contributed by atoms with Gasteiger partial charge in [-0.25, -0.2) is 9.97 Å². The molecule has 0 bridgehead atoms. The van der Waals surface area contributed by atoms with Crippen molar-refractivity contribution in [3.8, 4) is 0 Å². The molecule has 0 amide bonds. The number of benzene rings is 4. The fourth-order valence-electron chi connectivity index (χ4n) is 6.72. The van der Waals surface area contributed by atoms with Gasteiger partial charge >= 0.3 is 10.6 Å². The predicted octanol–water partition coefficient (Wildman–Crippen LogP) is 9.44. The molecule has 0 unspecified atom stereocenters. The fourth-order valence-corrected chi connectivity index (χ4v) is 9.73. The van der Waals surface area contributed by atoms with E-state index in [1.54, 1.807) is 17.0 Å². The van der Waals surface area contributed by atoms with Crippen LogP contribution >= 0.6 is 45.9 Å². The Bertz CT molecular complexity index is 3220. The van der Waals surface area contributed by atoms with Gasteiger partial charge in [-0.1, -0.05) is 45.9 Å². The molecule has 0 aliphatic carbocycles. The molecule has 69 heavy (non-hydrogen) atoms. The summed E-state index contributed by atoms with van der Waals surface area (Å²) in [6.07, 6.45) is 0. The molecule has 22 nitrogen and oxygen atoms in total. The number of nitrogens with one attached hydrogen (secondary N) is 2.